The molecule has 24 heavy (non-hydrogen) atoms. The number of anilines is 1. The molecule has 0 atom stereocenters. The number of carbonyl (C=O) groups excluding carboxylic acids is 2. The van der Waals surface area contributed by atoms with E-state index in [1.165, 1.54) is 16.7 Å². The monoisotopic (exact) mass is 337 g/mol. The minimum atomic E-state index is -0.240. The van der Waals surface area contributed by atoms with E-state index in [0.29, 0.717) is 16.2 Å². The Balaban J connectivity index is 2.14. The molecule has 3 rings (SSSR count). The number of amides is 2. The van der Waals surface area contributed by atoms with Crippen molar-refractivity contribution >= 4 is 34.8 Å². The topological polar surface area (TPSA) is 37.4 Å². The quantitative estimate of drug-likeness (QED) is 0.779. The normalized spacial score (nSPS) is 14.7. The average molecular weight is 337 g/mol. The van der Waals surface area contributed by atoms with Crippen molar-refractivity contribution in [2.24, 2.45) is 0 Å². The third-order valence-corrected chi connectivity index (χ3v) is 5.17. The van der Waals surface area contributed by atoms with Crippen molar-refractivity contribution < 1.29 is 9.59 Å². The summed E-state index contributed by atoms with van der Waals surface area (Å²) in [5.41, 5.74) is 3.98. The van der Waals surface area contributed by atoms with Crippen LogP contribution < -0.4 is 4.90 Å². The molecule has 0 spiro atoms. The van der Waals surface area contributed by atoms with Gasteiger partial charge in [0.2, 0.25) is 0 Å². The number of hydrogen-bond acceptors (Lipinski definition) is 3. The zero-order valence-corrected chi connectivity index (χ0v) is 14.8. The number of nitrogens with zero attached hydrogens (tertiary/aromatic N) is 1. The van der Waals surface area contributed by atoms with E-state index >= 15 is 0 Å². The second-order valence-electron chi connectivity index (χ2n) is 5.67. The Morgan fingerprint density at radius 1 is 0.917 bits per heavy atom. The van der Waals surface area contributed by atoms with E-state index in [4.69, 9.17) is 0 Å². The lowest BCUT2D eigenvalue weighted by atomic mass is 10.1. The Labute approximate surface area is 146 Å². The maximum Gasteiger partial charge on any atom is 0.272 e. The van der Waals surface area contributed by atoms with Gasteiger partial charge in [0, 0.05) is 0 Å². The number of rotatable bonds is 4. The molecule has 1 heterocycles. The summed E-state index contributed by atoms with van der Waals surface area (Å²) in [6, 6.07) is 15.1. The zero-order valence-electron chi connectivity index (χ0n) is 14.0. The summed E-state index contributed by atoms with van der Waals surface area (Å²) in [6.07, 6.45) is 0. The molecule has 1 aliphatic heterocycles. The lowest BCUT2D eigenvalue weighted by Gasteiger charge is -2.18. The third kappa shape index (κ3) is 2.67. The van der Waals surface area contributed by atoms with Gasteiger partial charge in [0.1, 0.15) is 0 Å². The molecule has 0 aromatic heterocycles. The molecule has 2 aromatic rings. The number of imide groups is 1. The van der Waals surface area contributed by atoms with Crippen molar-refractivity contribution in [1.29, 1.82) is 0 Å². The Hall–Kier alpha value is -2.33. The highest BCUT2D eigenvalue weighted by Crippen LogP contribution is 2.39. The van der Waals surface area contributed by atoms with Gasteiger partial charge in [-0.25, -0.2) is 4.90 Å². The molecule has 0 bridgehead atoms. The standard InChI is InChI=1S/C20H19NO2S/c1-4-24-18-17(15-10-6-5-7-11-15)19(22)21(20(18)23)16-12-8-9-13(2)14(16)3/h5-12H,4H2,1-3H3. The first-order valence-electron chi connectivity index (χ1n) is 7.93. The Morgan fingerprint density at radius 2 is 1.62 bits per heavy atom. The third-order valence-electron chi connectivity index (χ3n) is 4.21. The molecule has 0 N–H and O–H groups in total. The molecule has 3 nitrogen and oxygen atoms in total. The Morgan fingerprint density at radius 3 is 2.29 bits per heavy atom. The molecule has 2 amide bonds. The fraction of sp³-hybridized carbons (Fsp3) is 0.200. The molecule has 0 aliphatic carbocycles. The SMILES string of the molecule is CCSC1=C(c2ccccc2)C(=O)N(c2cccc(C)c2C)C1=O. The maximum atomic E-state index is 13.1. The summed E-state index contributed by atoms with van der Waals surface area (Å²) >= 11 is 1.43. The van der Waals surface area contributed by atoms with Gasteiger partial charge in [-0.1, -0.05) is 49.4 Å². The summed E-state index contributed by atoms with van der Waals surface area (Å²) < 4.78 is 0. The van der Waals surface area contributed by atoms with E-state index in [0.717, 1.165) is 22.4 Å². The summed E-state index contributed by atoms with van der Waals surface area (Å²) in [5.74, 6) is 0.279. The zero-order chi connectivity index (χ0) is 17.3. The van der Waals surface area contributed by atoms with Crippen LogP contribution in [0.5, 0.6) is 0 Å². The lowest BCUT2D eigenvalue weighted by molar-refractivity contribution is -0.119. The first kappa shape index (κ1) is 16.5. The van der Waals surface area contributed by atoms with Crippen LogP contribution in [0, 0.1) is 13.8 Å². The van der Waals surface area contributed by atoms with Crippen molar-refractivity contribution in [3.8, 4) is 0 Å². The van der Waals surface area contributed by atoms with E-state index in [1.54, 1.807) is 0 Å². The Bertz CT molecular complexity index is 840. The summed E-state index contributed by atoms with van der Waals surface area (Å²) in [7, 11) is 0. The summed E-state index contributed by atoms with van der Waals surface area (Å²) in [5, 5.41) is 0. The minimum Gasteiger partial charge on any atom is -0.268 e. The van der Waals surface area contributed by atoms with E-state index < -0.39 is 0 Å². The molecule has 0 saturated carbocycles. The van der Waals surface area contributed by atoms with Crippen LogP contribution in [0.2, 0.25) is 0 Å². The van der Waals surface area contributed by atoms with Crippen molar-refractivity contribution in [3.05, 3.63) is 70.1 Å². The minimum absolute atomic E-state index is 0.223. The molecule has 122 valence electrons. The van der Waals surface area contributed by atoms with Gasteiger partial charge < -0.3 is 0 Å². The van der Waals surface area contributed by atoms with Gasteiger partial charge in [-0.3, -0.25) is 9.59 Å². The van der Waals surface area contributed by atoms with Crippen LogP contribution in [0.25, 0.3) is 5.57 Å². The molecule has 0 fully saturated rings. The predicted molar refractivity (Wildman–Crippen MR) is 99.9 cm³/mol. The maximum absolute atomic E-state index is 13.1. The van der Waals surface area contributed by atoms with Crippen LogP contribution >= 0.6 is 11.8 Å². The van der Waals surface area contributed by atoms with Gasteiger partial charge in [-0.05, 0) is 42.4 Å². The summed E-state index contributed by atoms with van der Waals surface area (Å²) in [4.78, 5) is 27.9. The fourth-order valence-electron chi connectivity index (χ4n) is 2.84. The van der Waals surface area contributed by atoms with E-state index in [9.17, 15) is 9.59 Å². The second kappa shape index (κ2) is 6.65. The van der Waals surface area contributed by atoms with Gasteiger partial charge in [-0.15, -0.1) is 11.8 Å². The molecule has 0 saturated heterocycles. The number of aryl methyl sites for hydroxylation is 1. The molecule has 1 aliphatic rings. The van der Waals surface area contributed by atoms with Crippen LogP contribution in [0.15, 0.2) is 53.4 Å². The van der Waals surface area contributed by atoms with E-state index in [2.05, 4.69) is 0 Å². The fourth-order valence-corrected chi connectivity index (χ4v) is 3.70. The second-order valence-corrected chi connectivity index (χ2v) is 6.94. The van der Waals surface area contributed by atoms with Gasteiger partial charge in [0.25, 0.3) is 11.8 Å². The van der Waals surface area contributed by atoms with Gasteiger partial charge in [0.15, 0.2) is 0 Å². The average Bonchev–Trinajstić information content (AvgIpc) is 2.82. The first-order chi connectivity index (χ1) is 11.6. The number of hydrogen-bond donors (Lipinski definition) is 0. The summed E-state index contributed by atoms with van der Waals surface area (Å²) in [6.45, 7) is 5.91. The van der Waals surface area contributed by atoms with Gasteiger partial charge in [-0.2, -0.15) is 0 Å². The van der Waals surface area contributed by atoms with E-state index in [1.807, 2.05) is 69.3 Å². The highest BCUT2D eigenvalue weighted by atomic mass is 32.2. The van der Waals surface area contributed by atoms with E-state index in [-0.39, 0.29) is 11.8 Å². The molecule has 0 radical (unpaired) electrons. The van der Waals surface area contributed by atoms with Crippen LogP contribution in [0.1, 0.15) is 23.6 Å². The van der Waals surface area contributed by atoms with Crippen molar-refractivity contribution in [1.82, 2.24) is 0 Å². The molecular weight excluding hydrogens is 318 g/mol. The molecule has 4 heteroatoms. The molecule has 2 aromatic carbocycles. The van der Waals surface area contributed by atoms with Crippen molar-refractivity contribution in [2.45, 2.75) is 20.8 Å². The van der Waals surface area contributed by atoms with Crippen LogP contribution in [0.3, 0.4) is 0 Å². The largest absolute Gasteiger partial charge is 0.272 e. The van der Waals surface area contributed by atoms with Gasteiger partial charge >= 0.3 is 0 Å². The van der Waals surface area contributed by atoms with Crippen LogP contribution in [-0.4, -0.2) is 17.6 Å². The van der Waals surface area contributed by atoms with Crippen LogP contribution in [-0.2, 0) is 9.59 Å². The molecule has 0 unspecified atom stereocenters. The number of benzene rings is 2. The highest BCUT2D eigenvalue weighted by Gasteiger charge is 2.40. The number of carbonyl (C=O) groups is 2. The number of thioether (sulfide) groups is 1. The molecular formula is C20H19NO2S. The predicted octanol–water partition coefficient (Wildman–Crippen LogP) is 4.34. The smallest absolute Gasteiger partial charge is 0.268 e. The Kier molecular flexibility index (Phi) is 4.58. The van der Waals surface area contributed by atoms with Crippen molar-refractivity contribution in [3.63, 3.8) is 0 Å². The van der Waals surface area contributed by atoms with Gasteiger partial charge in [0.05, 0.1) is 16.2 Å². The lowest BCUT2D eigenvalue weighted by Crippen LogP contribution is -2.32. The van der Waals surface area contributed by atoms with Crippen LogP contribution in [0.4, 0.5) is 5.69 Å². The highest BCUT2D eigenvalue weighted by molar-refractivity contribution is 8.04. The first-order valence-corrected chi connectivity index (χ1v) is 8.92. The van der Waals surface area contributed by atoms with Crippen molar-refractivity contribution in [2.75, 3.05) is 10.7 Å².